The minimum Gasteiger partial charge on any atom is -0.478 e. The molecular weight excluding hydrogens is 264 g/mol. The quantitative estimate of drug-likeness (QED) is 0.841. The second-order valence-electron chi connectivity index (χ2n) is 4.21. The van der Waals surface area contributed by atoms with Gasteiger partial charge in [-0.2, -0.15) is 0 Å². The Bertz CT molecular complexity index is 666. The number of ketones is 1. The summed E-state index contributed by atoms with van der Waals surface area (Å²) >= 11 is 6.13. The van der Waals surface area contributed by atoms with E-state index in [-0.39, 0.29) is 22.0 Å². The number of Topliss-reactive ketones (excluding diaryl/α,β-unsaturated/α-hetero) is 1. The number of carboxylic acids is 1. The zero-order valence-electron chi connectivity index (χ0n) is 10.2. The highest BCUT2D eigenvalue weighted by molar-refractivity contribution is 6.42. The van der Waals surface area contributed by atoms with Gasteiger partial charge in [-0.15, -0.1) is 0 Å². The molecule has 1 aromatic rings. The van der Waals surface area contributed by atoms with Gasteiger partial charge in [0.25, 0.3) is 0 Å². The Labute approximate surface area is 115 Å². The van der Waals surface area contributed by atoms with E-state index in [1.54, 1.807) is 24.3 Å². The number of carbonyl (C=O) groups excluding carboxylic acids is 1. The number of hydrogen-bond acceptors (Lipinski definition) is 2. The van der Waals surface area contributed by atoms with Crippen LogP contribution in [0.4, 0.5) is 0 Å². The van der Waals surface area contributed by atoms with Crippen LogP contribution in [0.25, 0.3) is 5.57 Å². The van der Waals surface area contributed by atoms with Gasteiger partial charge in [-0.1, -0.05) is 42.4 Å². The summed E-state index contributed by atoms with van der Waals surface area (Å²) in [6.45, 7) is 5.27. The molecule has 0 radical (unpaired) electrons. The van der Waals surface area contributed by atoms with E-state index in [0.717, 1.165) is 0 Å². The molecule has 0 aromatic heterocycles. The van der Waals surface area contributed by atoms with Gasteiger partial charge in [-0.3, -0.25) is 4.79 Å². The van der Waals surface area contributed by atoms with Gasteiger partial charge >= 0.3 is 5.97 Å². The first-order chi connectivity index (χ1) is 8.93. The molecule has 4 heteroatoms. The average molecular weight is 275 g/mol. The predicted molar refractivity (Wildman–Crippen MR) is 74.1 cm³/mol. The smallest absolute Gasteiger partial charge is 0.331 e. The first kappa shape index (κ1) is 13.3. The van der Waals surface area contributed by atoms with Crippen molar-refractivity contribution in [1.29, 1.82) is 0 Å². The van der Waals surface area contributed by atoms with Gasteiger partial charge in [0, 0.05) is 16.7 Å². The van der Waals surface area contributed by atoms with Crippen molar-refractivity contribution in [1.82, 2.24) is 0 Å². The minimum atomic E-state index is -1.09. The van der Waals surface area contributed by atoms with Crippen LogP contribution in [0, 0.1) is 0 Å². The molecule has 0 aliphatic heterocycles. The molecule has 1 aliphatic carbocycles. The Morgan fingerprint density at radius 2 is 1.89 bits per heavy atom. The Morgan fingerprint density at radius 1 is 1.32 bits per heavy atom. The summed E-state index contributed by atoms with van der Waals surface area (Å²) in [4.78, 5) is 23.2. The molecule has 1 aromatic carbocycles. The van der Waals surface area contributed by atoms with Gasteiger partial charge < -0.3 is 5.11 Å². The van der Waals surface area contributed by atoms with E-state index in [4.69, 9.17) is 16.7 Å². The lowest BCUT2D eigenvalue weighted by atomic mass is 9.87. The molecule has 0 spiro atoms. The Balaban J connectivity index is 2.61. The lowest BCUT2D eigenvalue weighted by molar-refractivity contribution is -0.132. The van der Waals surface area contributed by atoms with Crippen LogP contribution in [0.3, 0.4) is 0 Å². The Hall–Kier alpha value is -2.13. The summed E-state index contributed by atoms with van der Waals surface area (Å²) in [7, 11) is 0. The maximum atomic E-state index is 12.3. The van der Waals surface area contributed by atoms with Crippen molar-refractivity contribution in [2.24, 2.45) is 0 Å². The fourth-order valence-corrected chi connectivity index (χ4v) is 2.12. The third kappa shape index (κ3) is 2.25. The van der Waals surface area contributed by atoms with Crippen LogP contribution in [0.5, 0.6) is 0 Å². The number of fused-ring (bicyclic) bond motifs is 1. The van der Waals surface area contributed by atoms with Crippen molar-refractivity contribution in [3.05, 3.63) is 64.2 Å². The molecule has 3 nitrogen and oxygen atoms in total. The first-order valence-electron chi connectivity index (χ1n) is 5.58. The van der Waals surface area contributed by atoms with Crippen molar-refractivity contribution in [2.45, 2.75) is 6.92 Å². The Kier molecular flexibility index (Phi) is 3.40. The van der Waals surface area contributed by atoms with Gasteiger partial charge in [-0.25, -0.2) is 4.79 Å². The third-order valence-corrected chi connectivity index (χ3v) is 3.37. The fraction of sp³-hybridized carbons (Fsp3) is 0.0667. The highest BCUT2D eigenvalue weighted by atomic mass is 35.5. The minimum absolute atomic E-state index is 0.0497. The fourth-order valence-electron chi connectivity index (χ4n) is 1.88. The lowest BCUT2D eigenvalue weighted by Crippen LogP contribution is -2.13. The molecule has 96 valence electrons. The molecule has 0 atom stereocenters. The molecular formula is C15H11ClO3. The van der Waals surface area contributed by atoms with E-state index in [2.05, 4.69) is 6.58 Å². The summed E-state index contributed by atoms with van der Waals surface area (Å²) in [5, 5.41) is 9.08. The third-order valence-electron chi connectivity index (χ3n) is 2.94. The highest BCUT2D eigenvalue weighted by Crippen LogP contribution is 2.37. The van der Waals surface area contributed by atoms with Crippen molar-refractivity contribution >= 4 is 28.9 Å². The van der Waals surface area contributed by atoms with Gasteiger partial charge in [-0.05, 0) is 24.1 Å². The number of halogens is 1. The maximum Gasteiger partial charge on any atom is 0.331 e. The average Bonchev–Trinajstić information content (AvgIpc) is 2.40. The van der Waals surface area contributed by atoms with E-state index in [1.807, 2.05) is 0 Å². The van der Waals surface area contributed by atoms with Gasteiger partial charge in [0.1, 0.15) is 0 Å². The second kappa shape index (κ2) is 4.86. The van der Waals surface area contributed by atoms with Gasteiger partial charge in [0.05, 0.1) is 5.03 Å². The number of carboxylic acid groups (broad SMARTS) is 1. The van der Waals surface area contributed by atoms with Crippen LogP contribution in [0.1, 0.15) is 22.8 Å². The van der Waals surface area contributed by atoms with E-state index < -0.39 is 5.97 Å². The number of hydrogen-bond donors (Lipinski definition) is 1. The van der Waals surface area contributed by atoms with Crippen molar-refractivity contribution in [3.8, 4) is 0 Å². The maximum absolute atomic E-state index is 12.3. The highest BCUT2D eigenvalue weighted by Gasteiger charge is 2.26. The van der Waals surface area contributed by atoms with Gasteiger partial charge in [0.2, 0.25) is 0 Å². The molecule has 0 amide bonds. The number of rotatable bonds is 2. The van der Waals surface area contributed by atoms with E-state index in [1.165, 1.54) is 13.0 Å². The van der Waals surface area contributed by atoms with Crippen LogP contribution < -0.4 is 0 Å². The molecule has 2 rings (SSSR count). The summed E-state index contributed by atoms with van der Waals surface area (Å²) in [5.74, 6) is -1.37. The standard InChI is InChI=1S/C15H11ClO3/c1-8(15(18)19)7-12-13(16)9(2)10-5-3-4-6-11(10)14(12)17/h3-7H,2H2,1H3,(H,18,19)/b8-7+. The molecule has 19 heavy (non-hydrogen) atoms. The summed E-state index contributed by atoms with van der Waals surface area (Å²) in [5.41, 5.74) is 1.92. The molecule has 1 aliphatic rings. The van der Waals surface area contributed by atoms with E-state index in [0.29, 0.717) is 16.7 Å². The summed E-state index contributed by atoms with van der Waals surface area (Å²) in [6.07, 6.45) is 1.29. The number of aliphatic carboxylic acids is 1. The van der Waals surface area contributed by atoms with E-state index >= 15 is 0 Å². The zero-order valence-corrected chi connectivity index (χ0v) is 11.0. The van der Waals surface area contributed by atoms with Crippen LogP contribution >= 0.6 is 11.6 Å². The molecule has 1 N–H and O–H groups in total. The van der Waals surface area contributed by atoms with Crippen LogP contribution in [-0.4, -0.2) is 16.9 Å². The topological polar surface area (TPSA) is 54.4 Å². The number of allylic oxidation sites excluding steroid dienone is 4. The zero-order chi connectivity index (χ0) is 14.2. The molecule has 0 saturated carbocycles. The molecule has 0 bridgehead atoms. The number of benzene rings is 1. The normalized spacial score (nSPS) is 15.6. The number of carbonyl (C=O) groups is 2. The monoisotopic (exact) mass is 274 g/mol. The summed E-state index contributed by atoms with van der Waals surface area (Å²) in [6, 6.07) is 6.98. The summed E-state index contributed by atoms with van der Waals surface area (Å²) < 4.78 is 0. The molecule has 0 heterocycles. The Morgan fingerprint density at radius 3 is 2.47 bits per heavy atom. The van der Waals surface area contributed by atoms with Crippen LogP contribution in [-0.2, 0) is 4.79 Å². The van der Waals surface area contributed by atoms with Crippen LogP contribution in [0.15, 0.2) is 53.1 Å². The SMILES string of the molecule is C=C1C(Cl)=C(/C=C(\C)C(=O)O)C(=O)c2ccccc21. The van der Waals surface area contributed by atoms with Crippen molar-refractivity contribution in [3.63, 3.8) is 0 Å². The molecule has 0 saturated heterocycles. The molecule has 0 unspecified atom stereocenters. The van der Waals surface area contributed by atoms with Gasteiger partial charge in [0.15, 0.2) is 5.78 Å². The molecule has 0 fully saturated rings. The van der Waals surface area contributed by atoms with Crippen molar-refractivity contribution < 1.29 is 14.7 Å². The van der Waals surface area contributed by atoms with Crippen molar-refractivity contribution in [2.75, 3.05) is 0 Å². The second-order valence-corrected chi connectivity index (χ2v) is 4.59. The van der Waals surface area contributed by atoms with Crippen LogP contribution in [0.2, 0.25) is 0 Å². The van der Waals surface area contributed by atoms with E-state index in [9.17, 15) is 9.59 Å². The first-order valence-corrected chi connectivity index (χ1v) is 5.96. The largest absolute Gasteiger partial charge is 0.478 e. The predicted octanol–water partition coefficient (Wildman–Crippen LogP) is 3.42. The lowest BCUT2D eigenvalue weighted by Gasteiger charge is -2.19.